The van der Waals surface area contributed by atoms with E-state index in [1.165, 1.54) is 12.3 Å². The van der Waals surface area contributed by atoms with Crippen LogP contribution in [-0.4, -0.2) is 28.0 Å². The molecule has 1 amide bonds. The number of amides is 1. The molecule has 1 aromatic heterocycles. The number of aromatic nitrogens is 1. The molecule has 1 rings (SSSR count). The van der Waals surface area contributed by atoms with Crippen molar-refractivity contribution in [2.24, 2.45) is 5.73 Å². The fourth-order valence-corrected chi connectivity index (χ4v) is 1.16. The highest BCUT2D eigenvalue weighted by molar-refractivity contribution is 5.85. The summed E-state index contributed by atoms with van der Waals surface area (Å²) in [6.45, 7) is 2.12. The van der Waals surface area contributed by atoms with Crippen molar-refractivity contribution in [1.29, 1.82) is 0 Å². The highest BCUT2D eigenvalue weighted by Crippen LogP contribution is 2.00. The average molecular weight is 237 g/mol. The third-order valence-electron chi connectivity index (χ3n) is 2.29. The van der Waals surface area contributed by atoms with Gasteiger partial charge in [-0.05, 0) is 18.1 Å². The van der Waals surface area contributed by atoms with Crippen molar-refractivity contribution in [1.82, 2.24) is 10.3 Å². The van der Waals surface area contributed by atoms with Crippen molar-refractivity contribution in [2.45, 2.75) is 25.9 Å². The first-order valence-corrected chi connectivity index (χ1v) is 5.26. The fraction of sp³-hybridized carbons (Fsp3) is 0.364. The maximum atomic E-state index is 11.4. The second kappa shape index (κ2) is 5.95. The number of carboxylic acids is 1. The Labute approximate surface area is 98.8 Å². The third kappa shape index (κ3) is 3.84. The van der Waals surface area contributed by atoms with Crippen LogP contribution in [-0.2, 0) is 11.3 Å². The van der Waals surface area contributed by atoms with Crippen LogP contribution in [0.2, 0.25) is 0 Å². The molecule has 6 heteroatoms. The summed E-state index contributed by atoms with van der Waals surface area (Å²) >= 11 is 0. The van der Waals surface area contributed by atoms with Crippen molar-refractivity contribution in [3.63, 3.8) is 0 Å². The lowest BCUT2D eigenvalue weighted by Crippen LogP contribution is -2.39. The van der Waals surface area contributed by atoms with Gasteiger partial charge in [-0.3, -0.25) is 4.79 Å². The molecule has 6 nitrogen and oxygen atoms in total. The van der Waals surface area contributed by atoms with Crippen molar-refractivity contribution < 1.29 is 14.7 Å². The van der Waals surface area contributed by atoms with Gasteiger partial charge in [0.15, 0.2) is 0 Å². The number of carboxylic acid groups (broad SMARTS) is 1. The molecule has 4 N–H and O–H groups in total. The van der Waals surface area contributed by atoms with Crippen LogP contribution in [0.1, 0.15) is 29.4 Å². The molecule has 0 saturated carbocycles. The molecule has 0 unspecified atom stereocenters. The molecule has 0 aliphatic carbocycles. The second-order valence-electron chi connectivity index (χ2n) is 3.59. The van der Waals surface area contributed by atoms with Crippen LogP contribution in [0.25, 0.3) is 0 Å². The Morgan fingerprint density at radius 1 is 1.53 bits per heavy atom. The van der Waals surface area contributed by atoms with Crippen LogP contribution in [0.5, 0.6) is 0 Å². The SMILES string of the molecule is CC[C@@H](N)C(=O)NCc1ccc(C(=O)O)nc1. The summed E-state index contributed by atoms with van der Waals surface area (Å²) in [6.07, 6.45) is 1.99. The van der Waals surface area contributed by atoms with Gasteiger partial charge in [-0.15, -0.1) is 0 Å². The molecule has 0 aliphatic heterocycles. The van der Waals surface area contributed by atoms with Gasteiger partial charge in [-0.25, -0.2) is 9.78 Å². The zero-order valence-corrected chi connectivity index (χ0v) is 9.51. The van der Waals surface area contributed by atoms with E-state index in [4.69, 9.17) is 10.8 Å². The summed E-state index contributed by atoms with van der Waals surface area (Å²) in [6, 6.07) is 2.49. The van der Waals surface area contributed by atoms with Crippen LogP contribution in [0.15, 0.2) is 18.3 Å². The molecule has 92 valence electrons. The summed E-state index contributed by atoms with van der Waals surface area (Å²) in [5.41, 5.74) is 6.24. The Morgan fingerprint density at radius 3 is 2.71 bits per heavy atom. The number of rotatable bonds is 5. The van der Waals surface area contributed by atoms with E-state index >= 15 is 0 Å². The highest BCUT2D eigenvalue weighted by Gasteiger charge is 2.10. The minimum absolute atomic E-state index is 0.0228. The maximum Gasteiger partial charge on any atom is 0.354 e. The zero-order valence-electron chi connectivity index (χ0n) is 9.51. The standard InChI is InChI=1S/C11H15N3O3/c1-2-8(12)10(15)14-6-7-3-4-9(11(16)17)13-5-7/h3-5,8H,2,6,12H2,1H3,(H,14,15)(H,16,17)/t8-/m1/s1. The average Bonchev–Trinajstić information content (AvgIpc) is 2.35. The molecule has 0 saturated heterocycles. The van der Waals surface area contributed by atoms with Gasteiger partial charge < -0.3 is 16.2 Å². The number of aromatic carboxylic acids is 1. The first kappa shape index (κ1) is 13.1. The topological polar surface area (TPSA) is 105 Å². The normalized spacial score (nSPS) is 11.9. The first-order chi connectivity index (χ1) is 8.04. The predicted molar refractivity (Wildman–Crippen MR) is 61.3 cm³/mol. The van der Waals surface area contributed by atoms with Gasteiger partial charge in [0, 0.05) is 12.7 Å². The third-order valence-corrected chi connectivity index (χ3v) is 2.29. The van der Waals surface area contributed by atoms with Gasteiger partial charge in [-0.2, -0.15) is 0 Å². The smallest absolute Gasteiger partial charge is 0.354 e. The lowest BCUT2D eigenvalue weighted by atomic mass is 10.2. The zero-order chi connectivity index (χ0) is 12.8. The van der Waals surface area contributed by atoms with Gasteiger partial charge >= 0.3 is 5.97 Å². The molecular formula is C11H15N3O3. The van der Waals surface area contributed by atoms with Crippen molar-refractivity contribution in [2.75, 3.05) is 0 Å². The van der Waals surface area contributed by atoms with Crippen LogP contribution in [0.4, 0.5) is 0 Å². The molecular weight excluding hydrogens is 222 g/mol. The molecule has 0 spiro atoms. The lowest BCUT2D eigenvalue weighted by molar-refractivity contribution is -0.122. The van der Waals surface area contributed by atoms with E-state index in [2.05, 4.69) is 10.3 Å². The summed E-state index contributed by atoms with van der Waals surface area (Å²) in [4.78, 5) is 25.7. The number of hydrogen-bond acceptors (Lipinski definition) is 4. The summed E-state index contributed by atoms with van der Waals surface area (Å²) in [7, 11) is 0. The van der Waals surface area contributed by atoms with Gasteiger partial charge in [-0.1, -0.05) is 13.0 Å². The van der Waals surface area contributed by atoms with Crippen molar-refractivity contribution >= 4 is 11.9 Å². The Bertz CT molecular complexity index is 403. The minimum Gasteiger partial charge on any atom is -0.477 e. The van der Waals surface area contributed by atoms with E-state index in [1.54, 1.807) is 6.07 Å². The lowest BCUT2D eigenvalue weighted by Gasteiger charge is -2.09. The predicted octanol–water partition coefficient (Wildman–Crippen LogP) is 0.133. The summed E-state index contributed by atoms with van der Waals surface area (Å²) in [5.74, 6) is -1.30. The van der Waals surface area contributed by atoms with E-state index in [-0.39, 0.29) is 11.6 Å². The van der Waals surface area contributed by atoms with E-state index in [1.807, 2.05) is 6.92 Å². The highest BCUT2D eigenvalue weighted by atomic mass is 16.4. The van der Waals surface area contributed by atoms with Gasteiger partial charge in [0.05, 0.1) is 6.04 Å². The molecule has 17 heavy (non-hydrogen) atoms. The number of hydrogen-bond donors (Lipinski definition) is 3. The second-order valence-corrected chi connectivity index (χ2v) is 3.59. The molecule has 0 aromatic carbocycles. The van der Waals surface area contributed by atoms with Gasteiger partial charge in [0.1, 0.15) is 5.69 Å². The van der Waals surface area contributed by atoms with Crippen LogP contribution >= 0.6 is 0 Å². The van der Waals surface area contributed by atoms with E-state index in [0.717, 1.165) is 5.56 Å². The summed E-state index contributed by atoms with van der Waals surface area (Å²) in [5, 5.41) is 11.3. The van der Waals surface area contributed by atoms with Gasteiger partial charge in [0.2, 0.25) is 5.91 Å². The van der Waals surface area contributed by atoms with Crippen LogP contribution in [0.3, 0.4) is 0 Å². The monoisotopic (exact) mass is 237 g/mol. The Kier molecular flexibility index (Phi) is 4.59. The van der Waals surface area contributed by atoms with Gasteiger partial charge in [0.25, 0.3) is 0 Å². The number of nitrogens with two attached hydrogens (primary N) is 1. The first-order valence-electron chi connectivity index (χ1n) is 5.26. The molecule has 1 heterocycles. The van der Waals surface area contributed by atoms with Crippen molar-refractivity contribution in [3.8, 4) is 0 Å². The molecule has 0 bridgehead atoms. The Morgan fingerprint density at radius 2 is 2.24 bits per heavy atom. The van der Waals surface area contributed by atoms with E-state index in [9.17, 15) is 9.59 Å². The van der Waals surface area contributed by atoms with E-state index in [0.29, 0.717) is 13.0 Å². The summed E-state index contributed by atoms with van der Waals surface area (Å²) < 4.78 is 0. The Hall–Kier alpha value is -1.95. The van der Waals surface area contributed by atoms with Crippen molar-refractivity contribution in [3.05, 3.63) is 29.6 Å². The molecule has 0 fully saturated rings. The molecule has 0 aliphatic rings. The number of nitrogens with zero attached hydrogens (tertiary/aromatic N) is 1. The quantitative estimate of drug-likeness (QED) is 0.675. The van der Waals surface area contributed by atoms with E-state index < -0.39 is 12.0 Å². The number of nitrogens with one attached hydrogen (secondary N) is 1. The molecule has 1 aromatic rings. The molecule has 0 radical (unpaired) electrons. The van der Waals surface area contributed by atoms with Crippen LogP contribution < -0.4 is 11.1 Å². The fourth-order valence-electron chi connectivity index (χ4n) is 1.16. The largest absolute Gasteiger partial charge is 0.477 e. The number of carbonyl (C=O) groups excluding carboxylic acids is 1. The number of carbonyl (C=O) groups is 2. The number of pyridine rings is 1. The maximum absolute atomic E-state index is 11.4. The van der Waals surface area contributed by atoms with Crippen LogP contribution in [0, 0.1) is 0 Å². The Balaban J connectivity index is 2.53. The minimum atomic E-state index is -1.08. The molecule has 1 atom stereocenters.